The maximum absolute atomic E-state index is 14.8. The van der Waals surface area contributed by atoms with E-state index >= 15 is 0 Å². The Balaban J connectivity index is 1.59. The van der Waals surface area contributed by atoms with Gasteiger partial charge in [-0.2, -0.15) is 0 Å². The second-order valence-electron chi connectivity index (χ2n) is 10.2. The first kappa shape index (κ1) is 26.1. The molecular formula is C27H30F3N5O3. The van der Waals surface area contributed by atoms with Crippen LogP contribution >= 0.6 is 0 Å². The fourth-order valence-corrected chi connectivity index (χ4v) is 6.27. The molecule has 0 bridgehead atoms. The van der Waals surface area contributed by atoms with E-state index in [0.29, 0.717) is 41.9 Å². The van der Waals surface area contributed by atoms with Gasteiger partial charge < -0.3 is 15.0 Å². The number of methoxy groups -OCH3 is 1. The van der Waals surface area contributed by atoms with Gasteiger partial charge in [-0.15, -0.1) is 0 Å². The van der Waals surface area contributed by atoms with Crippen molar-refractivity contribution < 1.29 is 22.7 Å². The van der Waals surface area contributed by atoms with Crippen LogP contribution in [0.2, 0.25) is 0 Å². The number of hydrogen-bond acceptors (Lipinski definition) is 6. The van der Waals surface area contributed by atoms with Crippen LogP contribution in [0.3, 0.4) is 0 Å². The lowest BCUT2D eigenvalue weighted by molar-refractivity contribution is -0.128. The van der Waals surface area contributed by atoms with Gasteiger partial charge in [0.1, 0.15) is 29.2 Å². The number of anilines is 1. The van der Waals surface area contributed by atoms with Crippen molar-refractivity contribution in [3.63, 3.8) is 0 Å². The number of carbonyl (C=O) groups is 1. The molecule has 1 aliphatic heterocycles. The van der Waals surface area contributed by atoms with Crippen LogP contribution in [0, 0.1) is 17.7 Å². The summed E-state index contributed by atoms with van der Waals surface area (Å²) in [6.45, 7) is 4.33. The lowest BCUT2D eigenvalue weighted by atomic mass is 9.82. The summed E-state index contributed by atoms with van der Waals surface area (Å²) in [5, 5.41) is 3.64. The van der Waals surface area contributed by atoms with Gasteiger partial charge in [0.05, 0.1) is 22.6 Å². The molecule has 202 valence electrons. The molecule has 1 N–H and O–H groups in total. The molecular weight excluding hydrogens is 499 g/mol. The van der Waals surface area contributed by atoms with Crippen LogP contribution in [0.25, 0.3) is 11.0 Å². The number of ether oxygens (including phenoxy) is 1. The molecule has 2 aliphatic rings. The Morgan fingerprint density at radius 1 is 1.24 bits per heavy atom. The molecule has 1 amide bonds. The number of likely N-dealkylation sites (tertiary alicyclic amines) is 1. The summed E-state index contributed by atoms with van der Waals surface area (Å²) in [6.07, 6.45) is -0.198. The minimum absolute atomic E-state index is 0.00663. The van der Waals surface area contributed by atoms with Gasteiger partial charge in [0.15, 0.2) is 0 Å². The van der Waals surface area contributed by atoms with Crippen molar-refractivity contribution in [3.8, 4) is 0 Å². The van der Waals surface area contributed by atoms with Gasteiger partial charge in [-0.25, -0.2) is 23.1 Å². The lowest BCUT2D eigenvalue weighted by Gasteiger charge is -2.34. The molecule has 1 aromatic carbocycles. The minimum Gasteiger partial charge on any atom is -0.373 e. The van der Waals surface area contributed by atoms with Crippen LogP contribution in [0.5, 0.6) is 0 Å². The number of amides is 1. The Morgan fingerprint density at radius 3 is 2.66 bits per heavy atom. The normalized spacial score (nSPS) is 23.7. The molecule has 4 atom stereocenters. The van der Waals surface area contributed by atoms with E-state index in [1.807, 2.05) is 0 Å². The zero-order chi connectivity index (χ0) is 27.4. The first-order valence-corrected chi connectivity index (χ1v) is 12.6. The van der Waals surface area contributed by atoms with Crippen LogP contribution < -0.4 is 10.9 Å². The van der Waals surface area contributed by atoms with E-state index in [2.05, 4.69) is 15.3 Å². The maximum atomic E-state index is 14.8. The third-order valence-electron chi connectivity index (χ3n) is 8.31. The number of halogens is 3. The summed E-state index contributed by atoms with van der Waals surface area (Å²) in [5.41, 5.74) is -0.931. The third kappa shape index (κ3) is 4.03. The smallest absolute Gasteiger partial charge is 0.266 e. The Labute approximate surface area is 217 Å². The summed E-state index contributed by atoms with van der Waals surface area (Å²) in [7, 11) is 3.20. The van der Waals surface area contributed by atoms with Crippen LogP contribution in [0.1, 0.15) is 55.8 Å². The Kier molecular flexibility index (Phi) is 6.66. The molecule has 3 aromatic rings. The standard InChI is InChI=1S/C27H30F3N5O3/c1-14(17-6-5-7-18(22(17)28)23(29)30)33-24-19-10-20(26(37)34(3)25(19)32-13-31-24)27(38-4)9-8-16-11-35(15(2)36)12-21(16)27/h5-7,10,13-14,16,21,23H,8-9,11-12H2,1-4H3,(H,31,32,33)/t14-,16?,21?,27?/m1/s1. The van der Waals surface area contributed by atoms with Crippen LogP contribution in [-0.4, -0.2) is 45.5 Å². The van der Waals surface area contributed by atoms with Crippen molar-refractivity contribution in [3.05, 3.63) is 63.5 Å². The predicted molar refractivity (Wildman–Crippen MR) is 135 cm³/mol. The zero-order valence-electron chi connectivity index (χ0n) is 21.7. The molecule has 38 heavy (non-hydrogen) atoms. The fraction of sp³-hybridized carbons (Fsp3) is 0.481. The van der Waals surface area contributed by atoms with Gasteiger partial charge in [0, 0.05) is 45.7 Å². The van der Waals surface area contributed by atoms with E-state index in [0.717, 1.165) is 12.5 Å². The molecule has 0 spiro atoms. The average Bonchev–Trinajstić information content (AvgIpc) is 3.47. The van der Waals surface area contributed by atoms with E-state index in [-0.39, 0.29) is 28.9 Å². The summed E-state index contributed by atoms with van der Waals surface area (Å²) in [5.74, 6) is -0.478. The Morgan fingerprint density at radius 2 is 1.97 bits per heavy atom. The molecule has 1 saturated carbocycles. The van der Waals surface area contributed by atoms with Crippen molar-refractivity contribution in [2.45, 2.75) is 44.8 Å². The second kappa shape index (κ2) is 9.68. The number of pyridine rings is 1. The number of nitrogens with zero attached hydrogens (tertiary/aromatic N) is 4. The highest BCUT2D eigenvalue weighted by atomic mass is 19.3. The molecule has 11 heteroatoms. The van der Waals surface area contributed by atoms with Crippen molar-refractivity contribution in [1.82, 2.24) is 19.4 Å². The highest BCUT2D eigenvalue weighted by Crippen LogP contribution is 2.52. The number of nitrogens with one attached hydrogen (secondary N) is 1. The number of carbonyl (C=O) groups excluding carboxylic acids is 1. The van der Waals surface area contributed by atoms with Gasteiger partial charge in [0.25, 0.3) is 12.0 Å². The molecule has 8 nitrogen and oxygen atoms in total. The van der Waals surface area contributed by atoms with Gasteiger partial charge in [-0.05, 0) is 31.7 Å². The average molecular weight is 530 g/mol. The van der Waals surface area contributed by atoms with E-state index in [9.17, 15) is 22.8 Å². The number of rotatable bonds is 6. The molecule has 3 heterocycles. The lowest BCUT2D eigenvalue weighted by Crippen LogP contribution is -2.42. The summed E-state index contributed by atoms with van der Waals surface area (Å²) >= 11 is 0. The van der Waals surface area contributed by atoms with Gasteiger partial charge >= 0.3 is 0 Å². The topological polar surface area (TPSA) is 89.3 Å². The Hall–Kier alpha value is -3.47. The highest BCUT2D eigenvalue weighted by Gasteiger charge is 2.55. The molecule has 1 saturated heterocycles. The van der Waals surface area contributed by atoms with E-state index in [4.69, 9.17) is 4.74 Å². The van der Waals surface area contributed by atoms with Crippen molar-refractivity contribution in [2.24, 2.45) is 18.9 Å². The predicted octanol–water partition coefficient (Wildman–Crippen LogP) is 4.31. The molecule has 5 rings (SSSR count). The molecule has 3 unspecified atom stereocenters. The van der Waals surface area contributed by atoms with Crippen LogP contribution in [0.4, 0.5) is 19.0 Å². The zero-order valence-corrected chi connectivity index (χ0v) is 21.7. The van der Waals surface area contributed by atoms with Crippen molar-refractivity contribution in [1.29, 1.82) is 0 Å². The molecule has 1 aliphatic carbocycles. The highest BCUT2D eigenvalue weighted by molar-refractivity contribution is 5.87. The molecule has 2 fully saturated rings. The summed E-state index contributed by atoms with van der Waals surface area (Å²) in [6, 6.07) is 4.92. The van der Waals surface area contributed by atoms with E-state index in [1.54, 1.807) is 39.0 Å². The van der Waals surface area contributed by atoms with E-state index in [1.165, 1.54) is 23.0 Å². The van der Waals surface area contributed by atoms with E-state index < -0.39 is 29.4 Å². The first-order valence-electron chi connectivity index (χ1n) is 12.6. The number of hydrogen-bond donors (Lipinski definition) is 1. The van der Waals surface area contributed by atoms with Crippen LogP contribution in [-0.2, 0) is 22.2 Å². The fourth-order valence-electron chi connectivity index (χ4n) is 6.27. The molecule has 0 radical (unpaired) electrons. The number of aromatic nitrogens is 3. The monoisotopic (exact) mass is 529 g/mol. The number of alkyl halides is 2. The number of fused-ring (bicyclic) bond motifs is 2. The second-order valence-corrected chi connectivity index (χ2v) is 10.2. The number of benzene rings is 1. The van der Waals surface area contributed by atoms with Crippen LogP contribution in [0.15, 0.2) is 35.4 Å². The van der Waals surface area contributed by atoms with Crippen molar-refractivity contribution >= 4 is 22.8 Å². The SMILES string of the molecule is COC1(c2cc3c(N[C@H](C)c4cccc(C(F)F)c4F)ncnc3n(C)c2=O)CCC2CN(C(C)=O)CC21. The quantitative estimate of drug-likeness (QED) is 0.512. The van der Waals surface area contributed by atoms with Gasteiger partial charge in [-0.3, -0.25) is 14.2 Å². The molecule has 2 aromatic heterocycles. The third-order valence-corrected chi connectivity index (χ3v) is 8.31. The van der Waals surface area contributed by atoms with Crippen molar-refractivity contribution in [2.75, 3.05) is 25.5 Å². The number of aryl methyl sites for hydroxylation is 1. The Bertz CT molecular complexity index is 1460. The maximum Gasteiger partial charge on any atom is 0.266 e. The minimum atomic E-state index is -2.94. The largest absolute Gasteiger partial charge is 0.373 e. The summed E-state index contributed by atoms with van der Waals surface area (Å²) < 4.78 is 48.9. The van der Waals surface area contributed by atoms with Gasteiger partial charge in [-0.1, -0.05) is 18.2 Å². The first-order chi connectivity index (χ1) is 18.1. The van der Waals surface area contributed by atoms with Gasteiger partial charge in [0.2, 0.25) is 5.91 Å². The summed E-state index contributed by atoms with van der Waals surface area (Å²) in [4.78, 5) is 36.2.